The number of rotatable bonds is 5. The predicted molar refractivity (Wildman–Crippen MR) is 110 cm³/mol. The molecule has 2 aliphatic rings. The third-order valence-electron chi connectivity index (χ3n) is 5.91. The molecule has 1 unspecified atom stereocenters. The summed E-state index contributed by atoms with van der Waals surface area (Å²) in [4.78, 5) is 2.51. The van der Waals surface area contributed by atoms with E-state index in [0.29, 0.717) is 12.0 Å². The van der Waals surface area contributed by atoms with E-state index in [0.717, 1.165) is 44.2 Å². The van der Waals surface area contributed by atoms with Crippen molar-refractivity contribution in [1.29, 1.82) is 0 Å². The smallest absolute Gasteiger partial charge is 0.0650 e. The van der Waals surface area contributed by atoms with Crippen LogP contribution in [-0.4, -0.2) is 48.7 Å². The largest absolute Gasteiger partial charge is 0.381 e. The van der Waals surface area contributed by atoms with E-state index in [1.54, 1.807) is 0 Å². The molecule has 2 fully saturated rings. The summed E-state index contributed by atoms with van der Waals surface area (Å²) in [5, 5.41) is 8.36. The van der Waals surface area contributed by atoms with Gasteiger partial charge in [-0.2, -0.15) is 5.10 Å². The van der Waals surface area contributed by atoms with E-state index < -0.39 is 0 Å². The molecule has 5 nitrogen and oxygen atoms in total. The quantitative estimate of drug-likeness (QED) is 0.877. The van der Waals surface area contributed by atoms with Crippen LogP contribution >= 0.6 is 0 Å². The van der Waals surface area contributed by atoms with E-state index in [9.17, 15) is 0 Å². The molecule has 0 bridgehead atoms. The third kappa shape index (κ3) is 4.53. The Bertz CT molecular complexity index is 725. The minimum Gasteiger partial charge on any atom is -0.381 e. The van der Waals surface area contributed by atoms with Gasteiger partial charge in [0.25, 0.3) is 0 Å². The first kappa shape index (κ1) is 18.5. The standard InChI is InChI=1S/C22H32N4O/c1-17-14-18(2)26(24-17)22-7-5-21(6-8-22)25-11-9-20(10-12-25)23-15-19-4-3-13-27-16-19/h5-8,14,19-20,23H,3-4,9-13,15-16H2,1-2H3. The molecule has 0 aliphatic carbocycles. The molecule has 1 atom stereocenters. The number of nitrogens with one attached hydrogen (secondary N) is 1. The van der Waals surface area contributed by atoms with Crippen LogP contribution in [0.5, 0.6) is 0 Å². The number of nitrogens with zero attached hydrogens (tertiary/aromatic N) is 3. The van der Waals surface area contributed by atoms with Gasteiger partial charge in [0.1, 0.15) is 0 Å². The van der Waals surface area contributed by atoms with Crippen LogP contribution in [0.3, 0.4) is 0 Å². The van der Waals surface area contributed by atoms with Crippen LogP contribution < -0.4 is 10.2 Å². The summed E-state index contributed by atoms with van der Waals surface area (Å²) in [5.74, 6) is 0.707. The van der Waals surface area contributed by atoms with Gasteiger partial charge in [0, 0.05) is 43.7 Å². The van der Waals surface area contributed by atoms with Crippen molar-refractivity contribution >= 4 is 5.69 Å². The molecule has 1 aromatic heterocycles. The number of hydrogen-bond donors (Lipinski definition) is 1. The van der Waals surface area contributed by atoms with Gasteiger partial charge in [0.2, 0.25) is 0 Å². The van der Waals surface area contributed by atoms with Gasteiger partial charge in [-0.3, -0.25) is 0 Å². The molecule has 5 heteroatoms. The highest BCUT2D eigenvalue weighted by atomic mass is 16.5. The fourth-order valence-electron chi connectivity index (χ4n) is 4.34. The van der Waals surface area contributed by atoms with E-state index in [-0.39, 0.29) is 0 Å². The third-order valence-corrected chi connectivity index (χ3v) is 5.91. The molecule has 27 heavy (non-hydrogen) atoms. The summed E-state index contributed by atoms with van der Waals surface area (Å²) in [5.41, 5.74) is 4.69. The zero-order valence-corrected chi connectivity index (χ0v) is 16.7. The molecule has 0 radical (unpaired) electrons. The first-order valence-electron chi connectivity index (χ1n) is 10.4. The van der Waals surface area contributed by atoms with E-state index in [4.69, 9.17) is 4.74 Å². The molecule has 0 amide bonds. The minimum atomic E-state index is 0.650. The van der Waals surface area contributed by atoms with Crippen molar-refractivity contribution in [3.63, 3.8) is 0 Å². The van der Waals surface area contributed by atoms with Crippen molar-refractivity contribution in [2.45, 2.75) is 45.6 Å². The zero-order valence-electron chi connectivity index (χ0n) is 16.7. The van der Waals surface area contributed by atoms with Gasteiger partial charge in [-0.05, 0) is 75.8 Å². The SMILES string of the molecule is Cc1cc(C)n(-c2ccc(N3CCC(NCC4CCCOC4)CC3)cc2)n1. The molecule has 4 rings (SSSR count). The molecule has 2 saturated heterocycles. The van der Waals surface area contributed by atoms with Crippen LogP contribution in [-0.2, 0) is 4.74 Å². The monoisotopic (exact) mass is 368 g/mol. The normalized spacial score (nSPS) is 21.6. The molecule has 3 heterocycles. The maximum absolute atomic E-state index is 5.59. The van der Waals surface area contributed by atoms with Crippen molar-refractivity contribution in [1.82, 2.24) is 15.1 Å². The van der Waals surface area contributed by atoms with Crippen LogP contribution in [0.2, 0.25) is 0 Å². The van der Waals surface area contributed by atoms with E-state index in [1.807, 2.05) is 11.6 Å². The highest BCUT2D eigenvalue weighted by Crippen LogP contribution is 2.23. The summed E-state index contributed by atoms with van der Waals surface area (Å²) >= 11 is 0. The van der Waals surface area contributed by atoms with Gasteiger partial charge in [-0.25, -0.2) is 4.68 Å². The number of benzene rings is 1. The Kier molecular flexibility index (Phi) is 5.79. The fraction of sp³-hybridized carbons (Fsp3) is 0.591. The lowest BCUT2D eigenvalue weighted by Crippen LogP contribution is -2.44. The number of anilines is 1. The second-order valence-corrected chi connectivity index (χ2v) is 8.11. The van der Waals surface area contributed by atoms with E-state index in [1.165, 1.54) is 37.1 Å². The van der Waals surface area contributed by atoms with Gasteiger partial charge in [0.15, 0.2) is 0 Å². The lowest BCUT2D eigenvalue weighted by Gasteiger charge is -2.35. The minimum absolute atomic E-state index is 0.650. The van der Waals surface area contributed by atoms with Gasteiger partial charge >= 0.3 is 0 Å². The van der Waals surface area contributed by atoms with Crippen molar-refractivity contribution in [3.05, 3.63) is 41.7 Å². The molecule has 146 valence electrons. The Labute approximate surface area is 162 Å². The highest BCUT2D eigenvalue weighted by Gasteiger charge is 2.21. The lowest BCUT2D eigenvalue weighted by molar-refractivity contribution is 0.0535. The van der Waals surface area contributed by atoms with Gasteiger partial charge in [-0.15, -0.1) is 0 Å². The Morgan fingerprint density at radius 2 is 1.81 bits per heavy atom. The first-order valence-corrected chi connectivity index (χ1v) is 10.4. The number of ether oxygens (including phenoxy) is 1. The Morgan fingerprint density at radius 3 is 2.44 bits per heavy atom. The van der Waals surface area contributed by atoms with Crippen molar-refractivity contribution in [2.75, 3.05) is 37.7 Å². The van der Waals surface area contributed by atoms with Gasteiger partial charge in [-0.1, -0.05) is 0 Å². The van der Waals surface area contributed by atoms with Gasteiger partial charge in [0.05, 0.1) is 18.0 Å². The Morgan fingerprint density at radius 1 is 1.07 bits per heavy atom. The number of aryl methyl sites for hydroxylation is 2. The molecule has 2 aromatic rings. The molecule has 0 spiro atoms. The first-order chi connectivity index (χ1) is 13.2. The topological polar surface area (TPSA) is 42.3 Å². The van der Waals surface area contributed by atoms with Crippen molar-refractivity contribution < 1.29 is 4.74 Å². The second kappa shape index (κ2) is 8.44. The molecular weight excluding hydrogens is 336 g/mol. The molecule has 1 N–H and O–H groups in total. The average molecular weight is 369 g/mol. The van der Waals surface area contributed by atoms with Crippen molar-refractivity contribution in [2.24, 2.45) is 5.92 Å². The summed E-state index contributed by atoms with van der Waals surface area (Å²) in [6.45, 7) is 9.39. The lowest BCUT2D eigenvalue weighted by atomic mass is 9.99. The van der Waals surface area contributed by atoms with Gasteiger partial charge < -0.3 is 15.0 Å². The molecule has 1 aromatic carbocycles. The Hall–Kier alpha value is -1.85. The van der Waals surface area contributed by atoms with E-state index in [2.05, 4.69) is 52.6 Å². The van der Waals surface area contributed by atoms with E-state index >= 15 is 0 Å². The van der Waals surface area contributed by atoms with Crippen LogP contribution in [0.1, 0.15) is 37.1 Å². The maximum Gasteiger partial charge on any atom is 0.0650 e. The molecule has 2 aliphatic heterocycles. The molecule has 0 saturated carbocycles. The van der Waals surface area contributed by atoms with Crippen molar-refractivity contribution in [3.8, 4) is 5.69 Å². The average Bonchev–Trinajstić information content (AvgIpc) is 3.06. The summed E-state index contributed by atoms with van der Waals surface area (Å²) in [7, 11) is 0. The van der Waals surface area contributed by atoms with Crippen LogP contribution in [0, 0.1) is 19.8 Å². The fourth-order valence-corrected chi connectivity index (χ4v) is 4.34. The van der Waals surface area contributed by atoms with Crippen LogP contribution in [0.4, 0.5) is 5.69 Å². The summed E-state index contributed by atoms with van der Waals surface area (Å²) < 4.78 is 7.61. The second-order valence-electron chi connectivity index (χ2n) is 8.11. The highest BCUT2D eigenvalue weighted by molar-refractivity contribution is 5.51. The number of aromatic nitrogens is 2. The zero-order chi connectivity index (χ0) is 18.6. The number of piperidine rings is 1. The maximum atomic E-state index is 5.59. The van der Waals surface area contributed by atoms with Crippen LogP contribution in [0.25, 0.3) is 5.69 Å². The summed E-state index contributed by atoms with van der Waals surface area (Å²) in [6, 6.07) is 11.6. The Balaban J connectivity index is 1.28. The number of hydrogen-bond acceptors (Lipinski definition) is 4. The molecular formula is C22H32N4O. The predicted octanol–water partition coefficient (Wildman–Crippen LogP) is 3.47. The van der Waals surface area contributed by atoms with Crippen LogP contribution in [0.15, 0.2) is 30.3 Å². The summed E-state index contributed by atoms with van der Waals surface area (Å²) in [6.07, 6.45) is 4.96.